The highest BCUT2D eigenvalue weighted by molar-refractivity contribution is 7.92. The third-order valence-corrected chi connectivity index (χ3v) is 7.95. The highest BCUT2D eigenvalue weighted by Crippen LogP contribution is 2.21. The molecule has 0 saturated heterocycles. The number of carbonyl (C=O) groups is 1. The summed E-state index contributed by atoms with van der Waals surface area (Å²) in [6.45, 7) is 3.53. The maximum absolute atomic E-state index is 13.2. The second-order valence-electron chi connectivity index (χ2n) is 7.87. The van der Waals surface area contributed by atoms with Gasteiger partial charge >= 0.3 is 6.03 Å². The molecule has 4 aromatic rings. The van der Waals surface area contributed by atoms with Crippen molar-refractivity contribution in [2.45, 2.75) is 18.1 Å². The van der Waals surface area contributed by atoms with Gasteiger partial charge in [0.05, 0.1) is 16.6 Å². The smallest absolute Gasteiger partial charge is 0.333 e. The third-order valence-electron chi connectivity index (χ3n) is 5.13. The van der Waals surface area contributed by atoms with Gasteiger partial charge in [-0.3, -0.25) is 9.36 Å². The van der Waals surface area contributed by atoms with E-state index in [1.807, 2.05) is 35.9 Å². The molecule has 176 valence electrons. The first-order chi connectivity index (χ1) is 16.0. The lowest BCUT2D eigenvalue weighted by molar-refractivity contribution is 0.256. The van der Waals surface area contributed by atoms with Crippen molar-refractivity contribution in [3.8, 4) is 5.69 Å². The zero-order valence-electron chi connectivity index (χ0n) is 19.0. The van der Waals surface area contributed by atoms with E-state index in [1.165, 1.54) is 10.6 Å². The first-order valence-electron chi connectivity index (χ1n) is 10.3. The van der Waals surface area contributed by atoms with Crippen LogP contribution in [0.25, 0.3) is 16.6 Å². The summed E-state index contributed by atoms with van der Waals surface area (Å²) in [7, 11) is -0.110. The van der Waals surface area contributed by atoms with E-state index in [1.54, 1.807) is 50.2 Å². The molecular formula is C23H23N5O4S2. The standard InChI is InChI=1S/C23H23N5O4S2/c1-14-5-12-21(33-14)34(31,32)26-23(30)25-16-6-8-17(9-7-16)28-15(2)24-20-13-18(27(3)4)10-11-19(20)22(28)29/h5-13H,1-4H3,(H2,25,26,30). The Balaban J connectivity index is 1.56. The Kier molecular flexibility index (Phi) is 6.15. The topological polar surface area (TPSA) is 113 Å². The van der Waals surface area contributed by atoms with Crippen molar-refractivity contribution >= 4 is 49.7 Å². The molecule has 0 fully saturated rings. The molecule has 2 N–H and O–H groups in total. The summed E-state index contributed by atoms with van der Waals surface area (Å²) in [6.07, 6.45) is 0. The number of thiophene rings is 1. The minimum absolute atomic E-state index is 0.0619. The summed E-state index contributed by atoms with van der Waals surface area (Å²) < 4.78 is 28.2. The predicted molar refractivity (Wildman–Crippen MR) is 135 cm³/mol. The number of rotatable bonds is 5. The van der Waals surface area contributed by atoms with Crippen LogP contribution in [0.5, 0.6) is 0 Å². The minimum atomic E-state index is -3.95. The molecule has 0 spiro atoms. The Morgan fingerprint density at radius 2 is 1.74 bits per heavy atom. The zero-order chi connectivity index (χ0) is 24.6. The average molecular weight is 498 g/mol. The minimum Gasteiger partial charge on any atom is -0.378 e. The first kappa shape index (κ1) is 23.5. The predicted octanol–water partition coefficient (Wildman–Crippen LogP) is 3.64. The number of anilines is 2. The summed E-state index contributed by atoms with van der Waals surface area (Å²) in [4.78, 5) is 32.7. The third kappa shape index (κ3) is 4.66. The molecule has 2 amide bonds. The van der Waals surface area contributed by atoms with Gasteiger partial charge in [-0.25, -0.2) is 22.9 Å². The van der Waals surface area contributed by atoms with Crippen LogP contribution < -0.4 is 20.5 Å². The maximum Gasteiger partial charge on any atom is 0.333 e. The molecule has 2 heterocycles. The normalized spacial score (nSPS) is 11.4. The molecule has 0 unspecified atom stereocenters. The lowest BCUT2D eigenvalue weighted by atomic mass is 10.2. The molecular weight excluding hydrogens is 474 g/mol. The van der Waals surface area contributed by atoms with Crippen LogP contribution in [0.15, 0.2) is 63.6 Å². The maximum atomic E-state index is 13.2. The number of hydrogen-bond donors (Lipinski definition) is 2. The van der Waals surface area contributed by atoms with E-state index in [2.05, 4.69) is 10.3 Å². The van der Waals surface area contributed by atoms with Crippen LogP contribution in [0, 0.1) is 13.8 Å². The van der Waals surface area contributed by atoms with Gasteiger partial charge in [-0.05, 0) is 68.4 Å². The van der Waals surface area contributed by atoms with Crippen molar-refractivity contribution in [3.63, 3.8) is 0 Å². The van der Waals surface area contributed by atoms with Gasteiger partial charge in [0.25, 0.3) is 15.6 Å². The van der Waals surface area contributed by atoms with Gasteiger partial charge in [-0.2, -0.15) is 0 Å². The van der Waals surface area contributed by atoms with E-state index >= 15 is 0 Å². The highest BCUT2D eigenvalue weighted by atomic mass is 32.2. The molecule has 0 radical (unpaired) electrons. The molecule has 34 heavy (non-hydrogen) atoms. The Hall–Kier alpha value is -3.70. The lowest BCUT2D eigenvalue weighted by Crippen LogP contribution is -2.33. The zero-order valence-corrected chi connectivity index (χ0v) is 20.6. The number of urea groups is 1. The van der Waals surface area contributed by atoms with Crippen LogP contribution in [0.3, 0.4) is 0 Å². The molecule has 2 aromatic carbocycles. The van der Waals surface area contributed by atoms with Gasteiger partial charge < -0.3 is 10.2 Å². The van der Waals surface area contributed by atoms with Crippen molar-refractivity contribution < 1.29 is 13.2 Å². The molecule has 9 nitrogen and oxygen atoms in total. The molecule has 0 aliphatic rings. The van der Waals surface area contributed by atoms with Gasteiger partial charge in [-0.15, -0.1) is 11.3 Å². The number of aryl methyl sites for hydroxylation is 2. The van der Waals surface area contributed by atoms with Crippen molar-refractivity contribution in [2.75, 3.05) is 24.3 Å². The Morgan fingerprint density at radius 1 is 1.03 bits per heavy atom. The van der Waals surface area contributed by atoms with Crippen LogP contribution in [0.2, 0.25) is 0 Å². The number of nitrogens with one attached hydrogen (secondary N) is 2. The number of amides is 2. The van der Waals surface area contributed by atoms with Crippen LogP contribution in [-0.4, -0.2) is 38.1 Å². The quantitative estimate of drug-likeness (QED) is 0.435. The van der Waals surface area contributed by atoms with Gasteiger partial charge in [0, 0.05) is 30.3 Å². The summed E-state index contributed by atoms with van der Waals surface area (Å²) in [5.74, 6) is 0.518. The number of nitrogens with zero attached hydrogens (tertiary/aromatic N) is 3. The second kappa shape index (κ2) is 8.92. The fourth-order valence-electron chi connectivity index (χ4n) is 3.45. The fourth-order valence-corrected chi connectivity index (χ4v) is 5.64. The van der Waals surface area contributed by atoms with E-state index in [0.717, 1.165) is 21.9 Å². The lowest BCUT2D eigenvalue weighted by Gasteiger charge is -2.15. The number of aromatic nitrogens is 2. The van der Waals surface area contributed by atoms with Crippen LogP contribution in [0.1, 0.15) is 10.7 Å². The van der Waals surface area contributed by atoms with Gasteiger partial charge in [-0.1, -0.05) is 0 Å². The van der Waals surface area contributed by atoms with E-state index in [4.69, 9.17) is 0 Å². The van der Waals surface area contributed by atoms with Gasteiger partial charge in [0.2, 0.25) is 0 Å². The Bertz CT molecular complexity index is 1550. The van der Waals surface area contributed by atoms with E-state index in [-0.39, 0.29) is 9.77 Å². The monoisotopic (exact) mass is 497 g/mol. The van der Waals surface area contributed by atoms with Crippen molar-refractivity contribution in [1.82, 2.24) is 14.3 Å². The van der Waals surface area contributed by atoms with Gasteiger partial charge in [0.15, 0.2) is 0 Å². The Labute approximate surface area is 200 Å². The summed E-state index contributed by atoms with van der Waals surface area (Å²) >= 11 is 1.08. The van der Waals surface area contributed by atoms with Crippen LogP contribution in [0.4, 0.5) is 16.2 Å². The molecule has 0 aliphatic carbocycles. The van der Waals surface area contributed by atoms with E-state index in [0.29, 0.717) is 28.1 Å². The summed E-state index contributed by atoms with van der Waals surface area (Å²) in [5, 5.41) is 2.99. The second-order valence-corrected chi connectivity index (χ2v) is 11.1. The molecule has 2 aromatic heterocycles. The number of fused-ring (bicyclic) bond motifs is 1. The average Bonchev–Trinajstić information content (AvgIpc) is 3.21. The highest BCUT2D eigenvalue weighted by Gasteiger charge is 2.19. The van der Waals surface area contributed by atoms with Crippen molar-refractivity contribution in [1.29, 1.82) is 0 Å². The molecule has 0 aliphatic heterocycles. The fraction of sp³-hybridized carbons (Fsp3) is 0.174. The largest absolute Gasteiger partial charge is 0.378 e. The number of benzene rings is 2. The van der Waals surface area contributed by atoms with Gasteiger partial charge in [0.1, 0.15) is 10.0 Å². The molecule has 11 heteroatoms. The first-order valence-corrected chi connectivity index (χ1v) is 12.6. The molecule has 0 atom stereocenters. The molecule has 0 saturated carbocycles. The number of hydrogen-bond acceptors (Lipinski definition) is 7. The summed E-state index contributed by atoms with van der Waals surface area (Å²) in [6, 6.07) is 14.2. The van der Waals surface area contributed by atoms with Crippen LogP contribution in [-0.2, 0) is 10.0 Å². The Morgan fingerprint density at radius 3 is 2.35 bits per heavy atom. The number of carbonyl (C=O) groups excluding carboxylic acids is 1. The molecule has 4 rings (SSSR count). The van der Waals surface area contributed by atoms with Crippen molar-refractivity contribution in [3.05, 3.63) is 75.7 Å². The number of sulfonamides is 1. The van der Waals surface area contributed by atoms with Crippen LogP contribution >= 0.6 is 11.3 Å². The SMILES string of the molecule is Cc1ccc(S(=O)(=O)NC(=O)Nc2ccc(-n3c(C)nc4cc(N(C)C)ccc4c3=O)cc2)s1. The summed E-state index contributed by atoms with van der Waals surface area (Å²) in [5.41, 5.74) is 2.29. The van der Waals surface area contributed by atoms with E-state index in [9.17, 15) is 18.0 Å². The van der Waals surface area contributed by atoms with E-state index < -0.39 is 16.1 Å². The molecule has 0 bridgehead atoms. The van der Waals surface area contributed by atoms with Crippen molar-refractivity contribution in [2.24, 2.45) is 0 Å².